The predicted molar refractivity (Wildman–Crippen MR) is 89.5 cm³/mol. The summed E-state index contributed by atoms with van der Waals surface area (Å²) in [6.45, 7) is 6.16. The Balaban J connectivity index is 1.46. The van der Waals surface area contributed by atoms with Crippen LogP contribution in [0, 0.1) is 11.8 Å². The Labute approximate surface area is 138 Å². The molecular weight excluding hydrogens is 290 g/mol. The van der Waals surface area contributed by atoms with Gasteiger partial charge in [0.15, 0.2) is 0 Å². The van der Waals surface area contributed by atoms with Crippen molar-refractivity contribution in [1.29, 1.82) is 0 Å². The zero-order chi connectivity index (χ0) is 16.1. The van der Waals surface area contributed by atoms with Crippen molar-refractivity contribution >= 4 is 5.97 Å². The van der Waals surface area contributed by atoms with Crippen LogP contribution < -0.4 is 4.74 Å². The minimum absolute atomic E-state index is 0.0212. The van der Waals surface area contributed by atoms with Crippen molar-refractivity contribution in [3.05, 3.63) is 29.8 Å². The van der Waals surface area contributed by atoms with Gasteiger partial charge < -0.3 is 14.4 Å². The summed E-state index contributed by atoms with van der Waals surface area (Å²) >= 11 is 0. The second kappa shape index (κ2) is 7.82. The molecule has 1 aromatic rings. The molecule has 4 heteroatoms. The highest BCUT2D eigenvalue weighted by Crippen LogP contribution is 2.28. The molecule has 2 unspecified atom stereocenters. The summed E-state index contributed by atoms with van der Waals surface area (Å²) < 4.78 is 11.1. The van der Waals surface area contributed by atoms with Gasteiger partial charge in [-0.2, -0.15) is 0 Å². The quantitative estimate of drug-likeness (QED) is 0.783. The van der Waals surface area contributed by atoms with E-state index in [4.69, 9.17) is 9.47 Å². The fourth-order valence-electron chi connectivity index (χ4n) is 3.65. The number of ether oxygens (including phenoxy) is 2. The summed E-state index contributed by atoms with van der Waals surface area (Å²) in [5, 5.41) is 0. The van der Waals surface area contributed by atoms with Crippen molar-refractivity contribution in [2.24, 2.45) is 11.8 Å². The summed E-state index contributed by atoms with van der Waals surface area (Å²) in [6.07, 6.45) is 4.29. The second-order valence-electron chi connectivity index (χ2n) is 6.67. The average molecular weight is 317 g/mol. The van der Waals surface area contributed by atoms with Crippen LogP contribution in [0.25, 0.3) is 0 Å². The lowest BCUT2D eigenvalue weighted by atomic mass is 9.93. The van der Waals surface area contributed by atoms with Gasteiger partial charge in [0.25, 0.3) is 0 Å². The molecule has 4 nitrogen and oxygen atoms in total. The van der Waals surface area contributed by atoms with Gasteiger partial charge in [0.05, 0.1) is 19.1 Å². The molecule has 126 valence electrons. The van der Waals surface area contributed by atoms with Gasteiger partial charge in [-0.15, -0.1) is 0 Å². The number of fused-ring (bicyclic) bond motifs is 1. The number of likely N-dealkylation sites (tertiary alicyclic amines) is 1. The standard InChI is InChI=1S/C19H27NO3/c1-2-22-19(21)17-7-5-10-20(13-17)11-9-15-12-16-6-3-4-8-18(16)23-14-15/h3-4,6,8,15,17H,2,5,7,9-14H2,1H3. The Bertz CT molecular complexity index is 531. The maximum absolute atomic E-state index is 11.9. The first-order chi connectivity index (χ1) is 11.3. The van der Waals surface area contributed by atoms with Crippen molar-refractivity contribution in [3.8, 4) is 5.75 Å². The third kappa shape index (κ3) is 4.25. The molecule has 0 bridgehead atoms. The fourth-order valence-corrected chi connectivity index (χ4v) is 3.65. The zero-order valence-electron chi connectivity index (χ0n) is 14.0. The van der Waals surface area contributed by atoms with Gasteiger partial charge in [-0.05, 0) is 63.2 Å². The van der Waals surface area contributed by atoms with Crippen molar-refractivity contribution < 1.29 is 14.3 Å². The molecule has 2 heterocycles. The molecule has 0 radical (unpaired) electrons. The number of carbonyl (C=O) groups is 1. The van der Waals surface area contributed by atoms with Crippen molar-refractivity contribution in [2.75, 3.05) is 32.8 Å². The number of carbonyl (C=O) groups excluding carboxylic acids is 1. The molecule has 2 aliphatic rings. The number of esters is 1. The smallest absolute Gasteiger partial charge is 0.310 e. The largest absolute Gasteiger partial charge is 0.493 e. The molecule has 3 rings (SSSR count). The number of benzene rings is 1. The Hall–Kier alpha value is -1.55. The third-order valence-electron chi connectivity index (χ3n) is 4.93. The third-order valence-corrected chi connectivity index (χ3v) is 4.93. The van der Waals surface area contributed by atoms with Gasteiger partial charge in [-0.1, -0.05) is 18.2 Å². The van der Waals surface area contributed by atoms with E-state index in [1.54, 1.807) is 0 Å². The van der Waals surface area contributed by atoms with E-state index >= 15 is 0 Å². The number of hydrogen-bond acceptors (Lipinski definition) is 4. The van der Waals surface area contributed by atoms with Gasteiger partial charge >= 0.3 is 5.97 Å². The first-order valence-electron chi connectivity index (χ1n) is 8.86. The first kappa shape index (κ1) is 16.3. The molecule has 0 amide bonds. The minimum Gasteiger partial charge on any atom is -0.493 e. The zero-order valence-corrected chi connectivity index (χ0v) is 14.0. The van der Waals surface area contributed by atoms with Crippen molar-refractivity contribution in [1.82, 2.24) is 4.90 Å². The van der Waals surface area contributed by atoms with E-state index in [9.17, 15) is 4.79 Å². The number of para-hydroxylation sites is 1. The van der Waals surface area contributed by atoms with E-state index in [2.05, 4.69) is 23.1 Å². The highest BCUT2D eigenvalue weighted by Gasteiger charge is 2.27. The van der Waals surface area contributed by atoms with Crippen molar-refractivity contribution in [2.45, 2.75) is 32.6 Å². The fraction of sp³-hybridized carbons (Fsp3) is 0.632. The molecule has 0 saturated carbocycles. The number of hydrogen-bond donors (Lipinski definition) is 0. The van der Waals surface area contributed by atoms with E-state index in [1.165, 1.54) is 5.56 Å². The molecule has 2 aliphatic heterocycles. The van der Waals surface area contributed by atoms with E-state index < -0.39 is 0 Å². The predicted octanol–water partition coefficient (Wildman–Crippen LogP) is 2.90. The van der Waals surface area contributed by atoms with Gasteiger partial charge in [-0.3, -0.25) is 4.79 Å². The van der Waals surface area contributed by atoms with E-state index in [0.717, 1.165) is 57.7 Å². The molecule has 0 N–H and O–H groups in total. The van der Waals surface area contributed by atoms with Crippen LogP contribution in [-0.4, -0.2) is 43.7 Å². The normalized spacial score (nSPS) is 24.6. The molecule has 0 aromatic heterocycles. The van der Waals surface area contributed by atoms with Gasteiger partial charge in [0.1, 0.15) is 5.75 Å². The Kier molecular flexibility index (Phi) is 5.55. The van der Waals surface area contributed by atoms with Crippen LogP contribution in [0.2, 0.25) is 0 Å². The summed E-state index contributed by atoms with van der Waals surface area (Å²) in [7, 11) is 0. The summed E-state index contributed by atoms with van der Waals surface area (Å²) in [5.74, 6) is 1.66. The molecule has 0 aliphatic carbocycles. The topological polar surface area (TPSA) is 38.8 Å². The first-order valence-corrected chi connectivity index (χ1v) is 8.86. The lowest BCUT2D eigenvalue weighted by Gasteiger charge is -2.33. The number of piperidine rings is 1. The van der Waals surface area contributed by atoms with Crippen LogP contribution in [0.1, 0.15) is 31.7 Å². The van der Waals surface area contributed by atoms with Gasteiger partial charge in [0, 0.05) is 6.54 Å². The van der Waals surface area contributed by atoms with E-state index in [1.807, 2.05) is 13.0 Å². The molecular formula is C19H27NO3. The summed E-state index contributed by atoms with van der Waals surface area (Å²) in [5.41, 5.74) is 1.33. The SMILES string of the molecule is CCOC(=O)C1CCCN(CCC2COc3ccccc3C2)C1. The van der Waals surface area contributed by atoms with Crippen LogP contribution in [0.15, 0.2) is 24.3 Å². The number of rotatable bonds is 5. The lowest BCUT2D eigenvalue weighted by Crippen LogP contribution is -2.40. The second-order valence-corrected chi connectivity index (χ2v) is 6.67. The summed E-state index contributed by atoms with van der Waals surface area (Å²) in [4.78, 5) is 14.3. The highest BCUT2D eigenvalue weighted by molar-refractivity contribution is 5.72. The van der Waals surface area contributed by atoms with Crippen LogP contribution in [-0.2, 0) is 16.0 Å². The maximum atomic E-state index is 11.9. The van der Waals surface area contributed by atoms with Crippen LogP contribution in [0.5, 0.6) is 5.75 Å². The average Bonchev–Trinajstić information content (AvgIpc) is 2.60. The molecule has 1 fully saturated rings. The highest BCUT2D eigenvalue weighted by atomic mass is 16.5. The molecule has 1 saturated heterocycles. The van der Waals surface area contributed by atoms with Gasteiger partial charge in [-0.25, -0.2) is 0 Å². The molecule has 23 heavy (non-hydrogen) atoms. The van der Waals surface area contributed by atoms with Crippen LogP contribution in [0.4, 0.5) is 0 Å². The van der Waals surface area contributed by atoms with E-state index in [-0.39, 0.29) is 11.9 Å². The lowest BCUT2D eigenvalue weighted by molar-refractivity contribution is -0.149. The van der Waals surface area contributed by atoms with Crippen LogP contribution in [0.3, 0.4) is 0 Å². The number of nitrogens with zero attached hydrogens (tertiary/aromatic N) is 1. The van der Waals surface area contributed by atoms with Crippen LogP contribution >= 0.6 is 0 Å². The summed E-state index contributed by atoms with van der Waals surface area (Å²) in [6, 6.07) is 8.33. The monoisotopic (exact) mass is 317 g/mol. The van der Waals surface area contributed by atoms with Gasteiger partial charge in [0.2, 0.25) is 0 Å². The van der Waals surface area contributed by atoms with E-state index in [0.29, 0.717) is 12.5 Å². The maximum Gasteiger partial charge on any atom is 0.310 e. The minimum atomic E-state index is -0.0212. The van der Waals surface area contributed by atoms with Crippen molar-refractivity contribution in [3.63, 3.8) is 0 Å². The molecule has 0 spiro atoms. The molecule has 1 aromatic carbocycles. The molecule has 2 atom stereocenters. The Morgan fingerprint density at radius 2 is 2.26 bits per heavy atom. The Morgan fingerprint density at radius 3 is 3.13 bits per heavy atom. The Morgan fingerprint density at radius 1 is 1.39 bits per heavy atom.